The van der Waals surface area contributed by atoms with Crippen molar-refractivity contribution in [2.24, 2.45) is 5.92 Å². The molecule has 0 spiro atoms. The SMILES string of the molecule is COC1CC(CNS(=O)(=O)c2ccc([N+](=O)[O-])cc2)C(OC)O1. The zero-order valence-electron chi connectivity index (χ0n) is 12.7. The molecule has 1 heterocycles. The number of hydrogen-bond donors (Lipinski definition) is 1. The highest BCUT2D eigenvalue weighted by atomic mass is 32.2. The number of nitro groups is 1. The predicted molar refractivity (Wildman–Crippen MR) is 79.1 cm³/mol. The summed E-state index contributed by atoms with van der Waals surface area (Å²) in [5, 5.41) is 10.6. The predicted octanol–water partition coefficient (Wildman–Crippen LogP) is 0.855. The second-order valence-electron chi connectivity index (χ2n) is 5.00. The van der Waals surface area contributed by atoms with Crippen LogP contribution in [0.25, 0.3) is 0 Å². The van der Waals surface area contributed by atoms with Crippen LogP contribution in [0.3, 0.4) is 0 Å². The van der Waals surface area contributed by atoms with Crippen LogP contribution in [-0.2, 0) is 24.2 Å². The third-order valence-electron chi connectivity index (χ3n) is 3.55. The number of ether oxygens (including phenoxy) is 3. The number of nitro benzene ring substituents is 1. The van der Waals surface area contributed by atoms with E-state index in [2.05, 4.69) is 4.72 Å². The van der Waals surface area contributed by atoms with Gasteiger partial charge in [0.05, 0.1) is 9.82 Å². The van der Waals surface area contributed by atoms with Crippen molar-refractivity contribution in [2.45, 2.75) is 23.9 Å². The Kier molecular flexibility index (Phi) is 5.65. The minimum Gasteiger partial charge on any atom is -0.356 e. The number of hydrogen-bond acceptors (Lipinski definition) is 7. The fourth-order valence-electron chi connectivity index (χ4n) is 2.30. The van der Waals surface area contributed by atoms with Gasteiger partial charge in [-0.3, -0.25) is 10.1 Å². The van der Waals surface area contributed by atoms with Crippen molar-refractivity contribution in [3.63, 3.8) is 0 Å². The highest BCUT2D eigenvalue weighted by Gasteiger charge is 2.36. The maximum Gasteiger partial charge on any atom is 0.269 e. The number of rotatable bonds is 7. The highest BCUT2D eigenvalue weighted by Crippen LogP contribution is 2.27. The summed E-state index contributed by atoms with van der Waals surface area (Å²) >= 11 is 0. The molecule has 10 heteroatoms. The zero-order chi connectivity index (χ0) is 17.0. The number of nitrogens with zero attached hydrogens (tertiary/aromatic N) is 1. The molecule has 1 aromatic rings. The van der Waals surface area contributed by atoms with Crippen LogP contribution in [0.1, 0.15) is 6.42 Å². The Bertz CT molecular complexity index is 647. The van der Waals surface area contributed by atoms with Crippen molar-refractivity contribution in [3.8, 4) is 0 Å². The topological polar surface area (TPSA) is 117 Å². The van der Waals surface area contributed by atoms with E-state index in [1.54, 1.807) is 0 Å². The summed E-state index contributed by atoms with van der Waals surface area (Å²) in [7, 11) is -0.797. The Morgan fingerprint density at radius 3 is 2.48 bits per heavy atom. The quantitative estimate of drug-likeness (QED) is 0.574. The minimum atomic E-state index is -3.77. The van der Waals surface area contributed by atoms with Gasteiger partial charge >= 0.3 is 0 Å². The van der Waals surface area contributed by atoms with Gasteiger partial charge in [0.2, 0.25) is 10.0 Å². The Morgan fingerprint density at radius 2 is 1.96 bits per heavy atom. The van der Waals surface area contributed by atoms with Crippen LogP contribution in [0.2, 0.25) is 0 Å². The summed E-state index contributed by atoms with van der Waals surface area (Å²) in [6.45, 7) is 0.109. The van der Waals surface area contributed by atoms with Gasteiger partial charge in [-0.05, 0) is 12.1 Å². The lowest BCUT2D eigenvalue weighted by Crippen LogP contribution is -2.33. The van der Waals surface area contributed by atoms with E-state index < -0.39 is 27.5 Å². The van der Waals surface area contributed by atoms with Crippen LogP contribution in [-0.4, -0.2) is 46.7 Å². The van der Waals surface area contributed by atoms with E-state index in [1.807, 2.05) is 0 Å². The van der Waals surface area contributed by atoms with Crippen molar-refractivity contribution >= 4 is 15.7 Å². The average molecular weight is 346 g/mol. The molecule has 0 aliphatic carbocycles. The Hall–Kier alpha value is -1.59. The molecular weight excluding hydrogens is 328 g/mol. The molecule has 1 fully saturated rings. The third-order valence-corrected chi connectivity index (χ3v) is 4.99. The summed E-state index contributed by atoms with van der Waals surface area (Å²) in [6, 6.07) is 4.67. The first-order chi connectivity index (χ1) is 10.9. The van der Waals surface area contributed by atoms with Crippen molar-refractivity contribution in [2.75, 3.05) is 20.8 Å². The lowest BCUT2D eigenvalue weighted by molar-refractivity contribution is -0.384. The summed E-state index contributed by atoms with van der Waals surface area (Å²) in [4.78, 5) is 9.96. The molecule has 1 saturated heterocycles. The first-order valence-corrected chi connectivity index (χ1v) is 8.31. The van der Waals surface area contributed by atoms with E-state index in [-0.39, 0.29) is 23.0 Å². The molecule has 9 nitrogen and oxygen atoms in total. The molecule has 1 N–H and O–H groups in total. The van der Waals surface area contributed by atoms with Gasteiger partial charge in [0.25, 0.3) is 5.69 Å². The molecular formula is C13H18N2O7S. The molecule has 3 unspecified atom stereocenters. The molecule has 1 aliphatic rings. The van der Waals surface area contributed by atoms with Gasteiger partial charge in [0.15, 0.2) is 12.6 Å². The van der Waals surface area contributed by atoms with Gasteiger partial charge in [-0.25, -0.2) is 13.1 Å². The van der Waals surface area contributed by atoms with Crippen LogP contribution < -0.4 is 4.72 Å². The Balaban J connectivity index is 2.02. The van der Waals surface area contributed by atoms with Crippen molar-refractivity contribution in [3.05, 3.63) is 34.4 Å². The van der Waals surface area contributed by atoms with Gasteiger partial charge in [-0.1, -0.05) is 0 Å². The van der Waals surface area contributed by atoms with E-state index in [0.717, 1.165) is 12.1 Å². The highest BCUT2D eigenvalue weighted by molar-refractivity contribution is 7.89. The molecule has 0 aromatic heterocycles. The van der Waals surface area contributed by atoms with Crippen LogP contribution in [0.15, 0.2) is 29.2 Å². The van der Waals surface area contributed by atoms with E-state index in [4.69, 9.17) is 14.2 Å². The minimum absolute atomic E-state index is 0.0423. The molecule has 0 bridgehead atoms. The second-order valence-corrected chi connectivity index (χ2v) is 6.77. The summed E-state index contributed by atoms with van der Waals surface area (Å²) in [5.41, 5.74) is -0.171. The van der Waals surface area contributed by atoms with Gasteiger partial charge in [-0.15, -0.1) is 0 Å². The van der Waals surface area contributed by atoms with Crippen molar-refractivity contribution in [1.82, 2.24) is 4.72 Å². The fraction of sp³-hybridized carbons (Fsp3) is 0.538. The first kappa shape index (κ1) is 17.8. The summed E-state index contributed by atoms with van der Waals surface area (Å²) in [6.07, 6.45) is -0.494. The largest absolute Gasteiger partial charge is 0.356 e. The number of benzene rings is 1. The molecule has 0 radical (unpaired) electrons. The fourth-order valence-corrected chi connectivity index (χ4v) is 3.40. The normalized spacial score (nSPS) is 24.7. The lowest BCUT2D eigenvalue weighted by atomic mass is 10.1. The molecule has 128 valence electrons. The van der Waals surface area contributed by atoms with Gasteiger partial charge < -0.3 is 14.2 Å². The van der Waals surface area contributed by atoms with Gasteiger partial charge in [0.1, 0.15) is 0 Å². The maximum atomic E-state index is 12.2. The molecule has 1 aromatic carbocycles. The molecule has 1 aliphatic heterocycles. The number of sulfonamides is 1. The molecule has 3 atom stereocenters. The maximum absolute atomic E-state index is 12.2. The van der Waals surface area contributed by atoms with Gasteiger partial charge in [0, 0.05) is 45.2 Å². The molecule has 23 heavy (non-hydrogen) atoms. The van der Waals surface area contributed by atoms with Crippen molar-refractivity contribution in [1.29, 1.82) is 0 Å². The van der Waals surface area contributed by atoms with E-state index >= 15 is 0 Å². The lowest BCUT2D eigenvalue weighted by Gasteiger charge is -2.16. The van der Waals surface area contributed by atoms with Gasteiger partial charge in [-0.2, -0.15) is 0 Å². The second kappa shape index (κ2) is 7.32. The average Bonchev–Trinajstić information content (AvgIpc) is 2.95. The van der Waals surface area contributed by atoms with E-state index in [9.17, 15) is 18.5 Å². The van der Waals surface area contributed by atoms with Crippen LogP contribution in [0.5, 0.6) is 0 Å². The van der Waals surface area contributed by atoms with E-state index in [1.165, 1.54) is 26.4 Å². The molecule has 2 rings (SSSR count). The first-order valence-electron chi connectivity index (χ1n) is 6.82. The van der Waals surface area contributed by atoms with Crippen molar-refractivity contribution < 1.29 is 27.6 Å². The number of methoxy groups -OCH3 is 2. The molecule has 0 saturated carbocycles. The summed E-state index contributed by atoms with van der Waals surface area (Å²) < 4.78 is 42.6. The standard InChI is InChI=1S/C13H18N2O7S/c1-20-12-7-9(13(21-2)22-12)8-14-23(18,19)11-5-3-10(4-6-11)15(16)17/h3-6,9,12-14H,7-8H2,1-2H3. The van der Waals surface area contributed by atoms with E-state index in [0.29, 0.717) is 6.42 Å². The van der Waals surface area contributed by atoms with Crippen LogP contribution in [0, 0.1) is 16.0 Å². The summed E-state index contributed by atoms with van der Waals surface area (Å²) in [5.74, 6) is -0.197. The van der Waals surface area contributed by atoms with Crippen LogP contribution >= 0.6 is 0 Å². The number of non-ortho nitro benzene ring substituents is 1. The Morgan fingerprint density at radius 1 is 1.30 bits per heavy atom. The molecule has 0 amide bonds. The smallest absolute Gasteiger partial charge is 0.269 e. The van der Waals surface area contributed by atoms with Crippen LogP contribution in [0.4, 0.5) is 5.69 Å². The number of nitrogens with one attached hydrogen (secondary N) is 1. The monoisotopic (exact) mass is 346 g/mol. The third kappa shape index (κ3) is 4.24. The Labute approximate surface area is 133 Å². The zero-order valence-corrected chi connectivity index (χ0v) is 13.5.